The van der Waals surface area contributed by atoms with Crippen molar-refractivity contribution in [3.63, 3.8) is 0 Å². The minimum absolute atomic E-state index is 0.00614. The number of carbonyl (C=O) groups excluding carboxylic acids is 2. The fraction of sp³-hybridized carbons (Fsp3) is 0.0645. The minimum atomic E-state index is -0.478. The molecule has 0 bridgehead atoms. The van der Waals surface area contributed by atoms with Gasteiger partial charge in [-0.05, 0) is 88.7 Å². The van der Waals surface area contributed by atoms with Gasteiger partial charge >= 0.3 is 0 Å². The first-order chi connectivity index (χ1) is 18.4. The van der Waals surface area contributed by atoms with Gasteiger partial charge in [-0.15, -0.1) is 0 Å². The smallest absolute Gasteiger partial charge is 0.270 e. The molecule has 4 aromatic carbocycles. The maximum Gasteiger partial charge on any atom is 0.270 e. The van der Waals surface area contributed by atoms with Gasteiger partial charge in [0.2, 0.25) is 0 Å². The topological polar surface area (TPSA) is 49.9 Å². The molecule has 0 aromatic heterocycles. The summed E-state index contributed by atoms with van der Waals surface area (Å²) in [6.45, 7) is 2.47. The summed E-state index contributed by atoms with van der Waals surface area (Å²) in [5.41, 5.74) is 4.09. The van der Waals surface area contributed by atoms with Gasteiger partial charge in [0.1, 0.15) is 17.9 Å². The third-order valence-electron chi connectivity index (χ3n) is 6.02. The molecule has 1 aliphatic heterocycles. The number of anilines is 2. The number of aryl methyl sites for hydroxylation is 1. The van der Waals surface area contributed by atoms with Crippen LogP contribution in [0, 0.1) is 6.92 Å². The number of carbonyl (C=O) groups is 2. The number of hydrogen-bond donors (Lipinski definition) is 0. The van der Waals surface area contributed by atoms with Gasteiger partial charge < -0.3 is 4.74 Å². The lowest BCUT2D eigenvalue weighted by Crippen LogP contribution is -2.56. The highest BCUT2D eigenvalue weighted by Gasteiger charge is 2.41. The van der Waals surface area contributed by atoms with Crippen molar-refractivity contribution in [2.45, 2.75) is 13.5 Å². The molecule has 0 N–H and O–H groups in total. The van der Waals surface area contributed by atoms with E-state index in [4.69, 9.17) is 17.0 Å². The van der Waals surface area contributed by atoms with Gasteiger partial charge in [0.25, 0.3) is 11.8 Å². The summed E-state index contributed by atoms with van der Waals surface area (Å²) in [4.78, 5) is 30.1. The third-order valence-corrected chi connectivity index (χ3v) is 7.01. The summed E-state index contributed by atoms with van der Waals surface area (Å²) < 4.78 is 6.71. The summed E-state index contributed by atoms with van der Waals surface area (Å²) in [7, 11) is 0. The van der Waals surface area contributed by atoms with Crippen LogP contribution < -0.4 is 14.5 Å². The number of para-hydroxylation sites is 2. The number of benzene rings is 4. The predicted molar refractivity (Wildman–Crippen MR) is 158 cm³/mol. The van der Waals surface area contributed by atoms with Crippen LogP contribution in [-0.4, -0.2) is 16.9 Å². The molecule has 0 atom stereocenters. The van der Waals surface area contributed by atoms with Crippen LogP contribution in [0.3, 0.4) is 0 Å². The number of rotatable bonds is 6. The number of halogens is 1. The Bertz CT molecular complexity index is 1490. The van der Waals surface area contributed by atoms with E-state index in [2.05, 4.69) is 22.0 Å². The van der Waals surface area contributed by atoms with E-state index in [1.165, 1.54) is 15.4 Å². The van der Waals surface area contributed by atoms with Crippen LogP contribution in [0.25, 0.3) is 6.08 Å². The fourth-order valence-corrected chi connectivity index (χ4v) is 5.08. The monoisotopic (exact) mass is 582 g/mol. The Morgan fingerprint density at radius 3 is 1.95 bits per heavy atom. The van der Waals surface area contributed by atoms with E-state index in [0.29, 0.717) is 33.8 Å². The van der Waals surface area contributed by atoms with E-state index in [1.54, 1.807) is 30.3 Å². The summed E-state index contributed by atoms with van der Waals surface area (Å²) in [6.07, 6.45) is 1.59. The Kier molecular flexibility index (Phi) is 7.49. The molecular formula is C31H23BrN2O3S. The van der Waals surface area contributed by atoms with Crippen molar-refractivity contribution in [2.24, 2.45) is 0 Å². The summed E-state index contributed by atoms with van der Waals surface area (Å²) in [5.74, 6) is -0.295. The zero-order chi connectivity index (χ0) is 26.6. The molecule has 0 saturated carbocycles. The standard InChI is InChI=1S/C31H23BrN2O3S/c1-21-9-8-10-23(17-21)20-37-28-16-15-22(19-27(28)32)18-26-29(35)33(24-11-4-2-5-12-24)31(38)34(30(26)36)25-13-6-3-7-14-25/h2-19H,20H2,1H3. The molecule has 1 saturated heterocycles. The van der Waals surface area contributed by atoms with E-state index in [0.717, 1.165) is 5.56 Å². The average Bonchev–Trinajstić information content (AvgIpc) is 2.92. The molecule has 1 fully saturated rings. The Hall–Kier alpha value is -4.07. The van der Waals surface area contributed by atoms with Gasteiger partial charge in [-0.1, -0.05) is 72.3 Å². The predicted octanol–water partition coefficient (Wildman–Crippen LogP) is 7.08. The van der Waals surface area contributed by atoms with Crippen molar-refractivity contribution in [1.82, 2.24) is 0 Å². The van der Waals surface area contributed by atoms with Crippen LogP contribution >= 0.6 is 28.1 Å². The van der Waals surface area contributed by atoms with E-state index >= 15 is 0 Å². The first-order valence-electron chi connectivity index (χ1n) is 11.9. The first kappa shape index (κ1) is 25.6. The molecule has 0 spiro atoms. The van der Waals surface area contributed by atoms with Gasteiger partial charge in [-0.2, -0.15) is 0 Å². The quantitative estimate of drug-likeness (QED) is 0.138. The number of hydrogen-bond acceptors (Lipinski definition) is 4. The van der Waals surface area contributed by atoms with Crippen LogP contribution in [0.4, 0.5) is 11.4 Å². The lowest BCUT2D eigenvalue weighted by Gasteiger charge is -2.36. The van der Waals surface area contributed by atoms with Crippen molar-refractivity contribution in [3.05, 3.63) is 130 Å². The van der Waals surface area contributed by atoms with Gasteiger partial charge in [-0.25, -0.2) is 0 Å². The van der Waals surface area contributed by atoms with Gasteiger partial charge in [0, 0.05) is 0 Å². The van der Waals surface area contributed by atoms with Crippen molar-refractivity contribution >= 4 is 62.5 Å². The Morgan fingerprint density at radius 2 is 1.39 bits per heavy atom. The Balaban J connectivity index is 1.48. The third kappa shape index (κ3) is 5.30. The first-order valence-corrected chi connectivity index (χ1v) is 13.1. The highest BCUT2D eigenvalue weighted by molar-refractivity contribution is 9.10. The molecule has 38 heavy (non-hydrogen) atoms. The second kappa shape index (κ2) is 11.1. The van der Waals surface area contributed by atoms with E-state index in [-0.39, 0.29) is 10.7 Å². The minimum Gasteiger partial charge on any atom is -0.488 e. The second-order valence-corrected chi connectivity index (χ2v) is 9.98. The van der Waals surface area contributed by atoms with Crippen LogP contribution in [-0.2, 0) is 16.2 Å². The zero-order valence-electron chi connectivity index (χ0n) is 20.5. The number of ether oxygens (including phenoxy) is 1. The zero-order valence-corrected chi connectivity index (χ0v) is 22.9. The average molecular weight is 584 g/mol. The molecule has 0 radical (unpaired) electrons. The van der Waals surface area contributed by atoms with Crippen LogP contribution in [0.2, 0.25) is 0 Å². The molecular weight excluding hydrogens is 560 g/mol. The lowest BCUT2D eigenvalue weighted by atomic mass is 10.0. The van der Waals surface area contributed by atoms with Gasteiger partial charge in [-0.3, -0.25) is 19.4 Å². The van der Waals surface area contributed by atoms with Crippen molar-refractivity contribution < 1.29 is 14.3 Å². The summed E-state index contributed by atoms with van der Waals surface area (Å²) >= 11 is 9.23. The summed E-state index contributed by atoms with van der Waals surface area (Å²) in [6, 6.07) is 31.8. The number of thiocarbonyl (C=S) groups is 1. The SMILES string of the molecule is Cc1cccc(COc2ccc(C=C3C(=O)N(c4ccccc4)C(=S)N(c4ccccc4)C3=O)cc2Br)c1. The van der Waals surface area contributed by atoms with Gasteiger partial charge in [0.05, 0.1) is 15.8 Å². The molecule has 0 aliphatic carbocycles. The largest absolute Gasteiger partial charge is 0.488 e. The molecule has 0 unspecified atom stereocenters. The fourth-order valence-electron chi connectivity index (χ4n) is 4.19. The molecule has 5 nitrogen and oxygen atoms in total. The maximum absolute atomic E-state index is 13.7. The van der Waals surface area contributed by atoms with Crippen LogP contribution in [0.5, 0.6) is 5.75 Å². The highest BCUT2D eigenvalue weighted by Crippen LogP contribution is 2.32. The molecule has 2 amide bonds. The molecule has 5 rings (SSSR count). The van der Waals surface area contributed by atoms with E-state index < -0.39 is 11.8 Å². The second-order valence-electron chi connectivity index (χ2n) is 8.76. The van der Waals surface area contributed by atoms with Crippen molar-refractivity contribution in [2.75, 3.05) is 9.80 Å². The van der Waals surface area contributed by atoms with E-state index in [1.807, 2.05) is 79.7 Å². The Morgan fingerprint density at radius 1 is 0.789 bits per heavy atom. The van der Waals surface area contributed by atoms with Crippen molar-refractivity contribution in [3.8, 4) is 5.75 Å². The normalized spacial score (nSPS) is 13.6. The van der Waals surface area contributed by atoms with Crippen LogP contribution in [0.15, 0.2) is 113 Å². The maximum atomic E-state index is 13.7. The molecule has 1 aliphatic rings. The van der Waals surface area contributed by atoms with E-state index in [9.17, 15) is 9.59 Å². The Labute approximate surface area is 235 Å². The number of nitrogens with zero attached hydrogens (tertiary/aromatic N) is 2. The summed E-state index contributed by atoms with van der Waals surface area (Å²) in [5, 5.41) is 0.107. The van der Waals surface area contributed by atoms with Gasteiger partial charge in [0.15, 0.2) is 5.11 Å². The highest BCUT2D eigenvalue weighted by atomic mass is 79.9. The molecule has 4 aromatic rings. The van der Waals surface area contributed by atoms with Crippen molar-refractivity contribution in [1.29, 1.82) is 0 Å². The van der Waals surface area contributed by atoms with Crippen LogP contribution in [0.1, 0.15) is 16.7 Å². The molecule has 7 heteroatoms. The molecule has 1 heterocycles. The lowest BCUT2D eigenvalue weighted by molar-refractivity contribution is -0.120. The molecule has 188 valence electrons. The number of amides is 2.